The van der Waals surface area contributed by atoms with Crippen LogP contribution in [0.4, 0.5) is 0 Å². The zero-order valence-electron chi connectivity index (χ0n) is 16.1. The normalized spacial score (nSPS) is 14.3. The molecule has 26 heavy (non-hydrogen) atoms. The number of ketones is 1. The van der Waals surface area contributed by atoms with E-state index in [4.69, 9.17) is 0 Å². The third kappa shape index (κ3) is 9.76. The predicted octanol–water partition coefficient (Wildman–Crippen LogP) is -0.159. The molecule has 4 N–H and O–H groups in total. The molecule has 0 aliphatic rings. The SMILES string of the molecule is CSCCC(NC(C)=O)C(=O)NC(CC(C)C)C(=O)NC(CO)C(C)=O. The standard InChI is InChI=1S/C17H31N3O5S/c1-10(2)8-14(17(25)20-15(9-21)11(3)22)19-16(24)13(6-7-26-5)18-12(4)23/h10,13-15,21H,6-9H2,1-5H3,(H,18,23)(H,19,24)(H,20,25). The average Bonchev–Trinajstić information content (AvgIpc) is 2.54. The summed E-state index contributed by atoms with van der Waals surface area (Å²) in [5.74, 6) is -0.886. The zero-order chi connectivity index (χ0) is 20.3. The molecule has 0 aromatic carbocycles. The Balaban J connectivity index is 5.14. The number of nitrogens with one attached hydrogen (secondary N) is 3. The lowest BCUT2D eigenvalue weighted by Crippen LogP contribution is -2.56. The van der Waals surface area contributed by atoms with Crippen LogP contribution in [0, 0.1) is 5.92 Å². The third-order valence-corrected chi connectivity index (χ3v) is 4.28. The van der Waals surface area contributed by atoms with Gasteiger partial charge in [-0.1, -0.05) is 13.8 Å². The maximum Gasteiger partial charge on any atom is 0.243 e. The zero-order valence-corrected chi connectivity index (χ0v) is 16.9. The van der Waals surface area contributed by atoms with Crippen LogP contribution in [0.25, 0.3) is 0 Å². The third-order valence-electron chi connectivity index (χ3n) is 3.63. The Labute approximate surface area is 159 Å². The highest BCUT2D eigenvalue weighted by Gasteiger charge is 2.28. The fraction of sp³-hybridized carbons (Fsp3) is 0.765. The Hall–Kier alpha value is -1.61. The van der Waals surface area contributed by atoms with Gasteiger partial charge < -0.3 is 21.1 Å². The van der Waals surface area contributed by atoms with Gasteiger partial charge in [0.1, 0.15) is 18.1 Å². The fourth-order valence-electron chi connectivity index (χ4n) is 2.27. The number of hydrogen-bond acceptors (Lipinski definition) is 6. The van der Waals surface area contributed by atoms with Crippen molar-refractivity contribution in [3.05, 3.63) is 0 Å². The highest BCUT2D eigenvalue weighted by atomic mass is 32.2. The van der Waals surface area contributed by atoms with Crippen molar-refractivity contribution in [3.8, 4) is 0 Å². The molecule has 0 spiro atoms. The van der Waals surface area contributed by atoms with Gasteiger partial charge in [0.05, 0.1) is 6.61 Å². The van der Waals surface area contributed by atoms with Gasteiger partial charge in [0.25, 0.3) is 0 Å². The summed E-state index contributed by atoms with van der Waals surface area (Å²) in [5, 5.41) is 16.9. The Kier molecular flexibility index (Phi) is 11.9. The summed E-state index contributed by atoms with van der Waals surface area (Å²) in [6.45, 7) is 5.90. The number of rotatable bonds is 12. The average molecular weight is 390 g/mol. The first-order chi connectivity index (χ1) is 12.1. The van der Waals surface area contributed by atoms with Crippen molar-refractivity contribution in [2.24, 2.45) is 5.92 Å². The number of thioether (sulfide) groups is 1. The molecule has 3 atom stereocenters. The summed E-state index contributed by atoms with van der Waals surface area (Å²) in [4.78, 5) is 47.8. The van der Waals surface area contributed by atoms with E-state index in [2.05, 4.69) is 16.0 Å². The van der Waals surface area contributed by atoms with E-state index in [1.165, 1.54) is 13.8 Å². The molecule has 3 amide bonds. The van der Waals surface area contributed by atoms with E-state index in [-0.39, 0.29) is 17.6 Å². The highest BCUT2D eigenvalue weighted by Crippen LogP contribution is 2.08. The Bertz CT molecular complexity index is 499. The van der Waals surface area contributed by atoms with E-state index in [9.17, 15) is 24.3 Å². The number of aliphatic hydroxyl groups excluding tert-OH is 1. The van der Waals surface area contributed by atoms with Gasteiger partial charge in [-0.3, -0.25) is 19.2 Å². The lowest BCUT2D eigenvalue weighted by atomic mass is 10.0. The van der Waals surface area contributed by atoms with Crippen molar-refractivity contribution in [2.75, 3.05) is 18.6 Å². The smallest absolute Gasteiger partial charge is 0.243 e. The van der Waals surface area contributed by atoms with Crippen LogP contribution in [0.3, 0.4) is 0 Å². The first-order valence-electron chi connectivity index (χ1n) is 8.60. The second-order valence-corrected chi connectivity index (χ2v) is 7.57. The minimum atomic E-state index is -1.00. The van der Waals surface area contributed by atoms with Gasteiger partial charge in [-0.15, -0.1) is 0 Å². The van der Waals surface area contributed by atoms with Crippen LogP contribution in [0.1, 0.15) is 40.5 Å². The molecule has 0 aromatic heterocycles. The Morgan fingerprint density at radius 2 is 1.46 bits per heavy atom. The van der Waals surface area contributed by atoms with Gasteiger partial charge in [-0.25, -0.2) is 0 Å². The van der Waals surface area contributed by atoms with Crippen LogP contribution in [0.5, 0.6) is 0 Å². The first kappa shape index (κ1) is 24.4. The monoisotopic (exact) mass is 389 g/mol. The molecule has 9 heteroatoms. The number of carbonyl (C=O) groups is 4. The van der Waals surface area contributed by atoms with Crippen molar-refractivity contribution in [3.63, 3.8) is 0 Å². The Morgan fingerprint density at radius 3 is 1.88 bits per heavy atom. The van der Waals surface area contributed by atoms with Gasteiger partial charge >= 0.3 is 0 Å². The van der Waals surface area contributed by atoms with Crippen molar-refractivity contribution in [1.29, 1.82) is 0 Å². The molecule has 0 aliphatic carbocycles. The van der Waals surface area contributed by atoms with E-state index in [1.807, 2.05) is 20.1 Å². The summed E-state index contributed by atoms with van der Waals surface area (Å²) in [5.41, 5.74) is 0. The second kappa shape index (κ2) is 12.7. The Morgan fingerprint density at radius 1 is 0.923 bits per heavy atom. The van der Waals surface area contributed by atoms with Crippen LogP contribution < -0.4 is 16.0 Å². The van der Waals surface area contributed by atoms with E-state index in [1.54, 1.807) is 11.8 Å². The van der Waals surface area contributed by atoms with Crippen molar-refractivity contribution >= 4 is 35.3 Å². The van der Waals surface area contributed by atoms with E-state index in [0.29, 0.717) is 18.6 Å². The molecular weight excluding hydrogens is 358 g/mol. The van der Waals surface area contributed by atoms with Gasteiger partial charge in [0.15, 0.2) is 5.78 Å². The number of hydrogen-bond donors (Lipinski definition) is 4. The van der Waals surface area contributed by atoms with Crippen molar-refractivity contribution in [1.82, 2.24) is 16.0 Å². The van der Waals surface area contributed by atoms with Crippen molar-refractivity contribution in [2.45, 2.75) is 58.7 Å². The molecule has 150 valence electrons. The molecule has 8 nitrogen and oxygen atoms in total. The summed E-state index contributed by atoms with van der Waals surface area (Å²) in [7, 11) is 0. The highest BCUT2D eigenvalue weighted by molar-refractivity contribution is 7.98. The van der Waals surface area contributed by atoms with Crippen LogP contribution in [0.2, 0.25) is 0 Å². The molecule has 0 rings (SSSR count). The van der Waals surface area contributed by atoms with E-state index in [0.717, 1.165) is 0 Å². The maximum atomic E-state index is 12.5. The van der Waals surface area contributed by atoms with Gasteiger partial charge in [0, 0.05) is 6.92 Å². The molecule has 0 heterocycles. The first-order valence-corrected chi connectivity index (χ1v) is 9.99. The van der Waals surface area contributed by atoms with Crippen molar-refractivity contribution < 1.29 is 24.3 Å². The maximum absolute atomic E-state index is 12.5. The predicted molar refractivity (Wildman–Crippen MR) is 102 cm³/mol. The van der Waals surface area contributed by atoms with E-state index >= 15 is 0 Å². The molecule has 0 aromatic rings. The lowest BCUT2D eigenvalue weighted by molar-refractivity contribution is -0.133. The number of aliphatic hydroxyl groups is 1. The topological polar surface area (TPSA) is 125 Å². The van der Waals surface area contributed by atoms with Crippen LogP contribution >= 0.6 is 11.8 Å². The molecule has 0 bridgehead atoms. The van der Waals surface area contributed by atoms with Crippen LogP contribution in [-0.4, -0.2) is 65.4 Å². The number of Topliss-reactive ketones (excluding diaryl/α,β-unsaturated/α-hetero) is 1. The quantitative estimate of drug-likeness (QED) is 0.368. The number of amides is 3. The minimum Gasteiger partial charge on any atom is -0.394 e. The summed E-state index contributed by atoms with van der Waals surface area (Å²) in [6, 6.07) is -2.60. The molecule has 3 unspecified atom stereocenters. The van der Waals surface area contributed by atoms with Gasteiger partial charge in [0.2, 0.25) is 17.7 Å². The van der Waals surface area contributed by atoms with Crippen LogP contribution in [-0.2, 0) is 19.2 Å². The lowest BCUT2D eigenvalue weighted by Gasteiger charge is -2.25. The fourth-order valence-corrected chi connectivity index (χ4v) is 2.74. The van der Waals surface area contributed by atoms with Crippen LogP contribution in [0.15, 0.2) is 0 Å². The molecule has 0 aliphatic heterocycles. The second-order valence-electron chi connectivity index (χ2n) is 6.58. The molecular formula is C17H31N3O5S. The summed E-state index contributed by atoms with van der Waals surface area (Å²) >= 11 is 1.55. The van der Waals surface area contributed by atoms with Gasteiger partial charge in [-0.2, -0.15) is 11.8 Å². The molecule has 0 fully saturated rings. The minimum absolute atomic E-state index is 0.112. The number of carbonyl (C=O) groups excluding carboxylic acids is 4. The summed E-state index contributed by atoms with van der Waals surface area (Å²) in [6.07, 6.45) is 2.70. The van der Waals surface area contributed by atoms with E-state index < -0.39 is 36.5 Å². The largest absolute Gasteiger partial charge is 0.394 e. The van der Waals surface area contributed by atoms with Gasteiger partial charge in [-0.05, 0) is 37.7 Å². The summed E-state index contributed by atoms with van der Waals surface area (Å²) < 4.78 is 0. The molecule has 0 saturated carbocycles. The molecule has 0 radical (unpaired) electrons. The molecule has 0 saturated heterocycles.